The number of hydrogen-bond acceptors (Lipinski definition) is 7. The molecule has 2 aliphatic heterocycles. The second-order valence-corrected chi connectivity index (χ2v) is 5.75. The zero-order valence-electron chi connectivity index (χ0n) is 14.5. The fourth-order valence-corrected chi connectivity index (χ4v) is 3.44. The lowest BCUT2D eigenvalue weighted by molar-refractivity contribution is -0.141. The maximum absolute atomic E-state index is 13.1. The van der Waals surface area contributed by atoms with Crippen LogP contribution < -0.4 is 15.8 Å². The highest BCUT2D eigenvalue weighted by molar-refractivity contribution is 6.17. The van der Waals surface area contributed by atoms with Crippen LogP contribution >= 0.6 is 0 Å². The van der Waals surface area contributed by atoms with E-state index in [-0.39, 0.29) is 35.1 Å². The Hall–Kier alpha value is -3.29. The van der Waals surface area contributed by atoms with Crippen LogP contribution in [0.4, 0.5) is 0 Å². The molecule has 1 aromatic rings. The van der Waals surface area contributed by atoms with Gasteiger partial charge in [-0.1, -0.05) is 18.2 Å². The van der Waals surface area contributed by atoms with E-state index in [1.807, 2.05) is 0 Å². The molecule has 136 valence electrons. The monoisotopic (exact) mass is 358 g/mol. The van der Waals surface area contributed by atoms with Gasteiger partial charge in [0, 0.05) is 11.3 Å². The number of methoxy groups -OCH3 is 1. The Morgan fingerprint density at radius 3 is 2.58 bits per heavy atom. The zero-order valence-corrected chi connectivity index (χ0v) is 14.5. The molecule has 3 rings (SSSR count). The lowest BCUT2D eigenvalue weighted by atomic mass is 9.67. The molecular weight excluding hydrogens is 340 g/mol. The number of fused-ring (bicyclic) bond motifs is 2. The summed E-state index contributed by atoms with van der Waals surface area (Å²) in [6.45, 7) is 3.31. The summed E-state index contributed by atoms with van der Waals surface area (Å²) in [5, 5.41) is 2.62. The lowest BCUT2D eigenvalue weighted by Crippen LogP contribution is -2.48. The van der Waals surface area contributed by atoms with Crippen LogP contribution in [0.3, 0.4) is 0 Å². The van der Waals surface area contributed by atoms with Gasteiger partial charge in [0.05, 0.1) is 19.3 Å². The van der Waals surface area contributed by atoms with E-state index in [2.05, 4.69) is 5.32 Å². The molecule has 8 heteroatoms. The Bertz CT molecular complexity index is 885. The number of allylic oxidation sites excluding steroid dienone is 1. The number of para-hydroxylation sites is 1. The number of benzene rings is 1. The van der Waals surface area contributed by atoms with Gasteiger partial charge in [-0.3, -0.25) is 4.79 Å². The Balaban J connectivity index is 2.41. The summed E-state index contributed by atoms with van der Waals surface area (Å²) < 4.78 is 15.5. The Labute approximate surface area is 149 Å². The van der Waals surface area contributed by atoms with E-state index in [0.717, 1.165) is 7.11 Å². The summed E-state index contributed by atoms with van der Waals surface area (Å²) in [5.41, 5.74) is 4.49. The minimum absolute atomic E-state index is 0.0107. The fourth-order valence-electron chi connectivity index (χ4n) is 3.44. The van der Waals surface area contributed by atoms with Crippen molar-refractivity contribution in [2.45, 2.75) is 19.3 Å². The minimum Gasteiger partial charge on any atom is -0.465 e. The summed E-state index contributed by atoms with van der Waals surface area (Å²) in [4.78, 5) is 38.4. The van der Waals surface area contributed by atoms with Crippen LogP contribution in [0.15, 0.2) is 47.0 Å². The highest BCUT2D eigenvalue weighted by Gasteiger charge is 2.61. The van der Waals surface area contributed by atoms with Gasteiger partial charge < -0.3 is 25.3 Å². The summed E-state index contributed by atoms with van der Waals surface area (Å²) >= 11 is 0. The topological polar surface area (TPSA) is 117 Å². The van der Waals surface area contributed by atoms with Crippen LogP contribution in [0.1, 0.15) is 19.4 Å². The van der Waals surface area contributed by atoms with Gasteiger partial charge in [0.1, 0.15) is 16.7 Å². The van der Waals surface area contributed by atoms with E-state index in [0.29, 0.717) is 5.56 Å². The van der Waals surface area contributed by atoms with Gasteiger partial charge in [0.25, 0.3) is 0 Å². The molecule has 1 unspecified atom stereocenters. The second-order valence-electron chi connectivity index (χ2n) is 5.75. The molecule has 0 fully saturated rings. The van der Waals surface area contributed by atoms with Crippen LogP contribution in [0.5, 0.6) is 5.75 Å². The number of carbonyl (C=O) groups excluding carboxylic acids is 3. The third-order valence-corrected chi connectivity index (χ3v) is 4.39. The average molecular weight is 358 g/mol. The maximum atomic E-state index is 13.1. The predicted molar refractivity (Wildman–Crippen MR) is 89.5 cm³/mol. The quantitative estimate of drug-likeness (QED) is 0.761. The van der Waals surface area contributed by atoms with E-state index in [9.17, 15) is 14.4 Å². The normalized spacial score (nSPS) is 21.3. The van der Waals surface area contributed by atoms with Crippen molar-refractivity contribution in [1.29, 1.82) is 0 Å². The molecule has 0 aliphatic carbocycles. The zero-order chi connectivity index (χ0) is 19.1. The number of carbonyl (C=O) groups is 3. The molecule has 0 aromatic heterocycles. The lowest BCUT2D eigenvalue weighted by Gasteiger charge is -2.35. The van der Waals surface area contributed by atoms with E-state index in [4.69, 9.17) is 19.9 Å². The standard InChI is InChI=1S/C18H18N2O6/c1-4-25-16(22)12-9(2)20-17(23)18(12)10-7-5-6-8-11(10)26-14(19)13(18)15(21)24-3/h5-8H,4,19H2,1-3H3,(H,20,23). The molecule has 26 heavy (non-hydrogen) atoms. The van der Waals surface area contributed by atoms with Gasteiger partial charge >= 0.3 is 11.9 Å². The van der Waals surface area contributed by atoms with E-state index < -0.39 is 23.3 Å². The van der Waals surface area contributed by atoms with Crippen molar-refractivity contribution in [1.82, 2.24) is 5.32 Å². The van der Waals surface area contributed by atoms with Crippen molar-refractivity contribution in [3.8, 4) is 5.75 Å². The first-order valence-corrected chi connectivity index (χ1v) is 7.95. The average Bonchev–Trinajstić information content (AvgIpc) is 2.85. The Morgan fingerprint density at radius 1 is 1.23 bits per heavy atom. The summed E-state index contributed by atoms with van der Waals surface area (Å²) in [5.74, 6) is -2.23. The van der Waals surface area contributed by atoms with Gasteiger partial charge in [-0.25, -0.2) is 9.59 Å². The number of nitrogens with one attached hydrogen (secondary N) is 1. The molecular formula is C18H18N2O6. The number of ether oxygens (including phenoxy) is 3. The van der Waals surface area contributed by atoms with Crippen molar-refractivity contribution in [2.24, 2.45) is 5.73 Å². The second kappa shape index (κ2) is 6.21. The van der Waals surface area contributed by atoms with Crippen molar-refractivity contribution in [3.05, 3.63) is 52.6 Å². The van der Waals surface area contributed by atoms with Gasteiger partial charge in [-0.15, -0.1) is 0 Å². The highest BCUT2D eigenvalue weighted by Crippen LogP contribution is 2.51. The Kier molecular flexibility index (Phi) is 4.19. The number of rotatable bonds is 3. The van der Waals surface area contributed by atoms with Gasteiger partial charge in [-0.05, 0) is 19.9 Å². The third kappa shape index (κ3) is 2.18. The molecule has 1 spiro atoms. The van der Waals surface area contributed by atoms with E-state index in [1.165, 1.54) is 0 Å². The van der Waals surface area contributed by atoms with Gasteiger partial charge in [0.15, 0.2) is 0 Å². The van der Waals surface area contributed by atoms with Crippen molar-refractivity contribution in [2.75, 3.05) is 13.7 Å². The van der Waals surface area contributed by atoms with Gasteiger partial charge in [0.2, 0.25) is 11.8 Å². The molecule has 0 saturated heterocycles. The Morgan fingerprint density at radius 2 is 1.92 bits per heavy atom. The van der Waals surface area contributed by atoms with Crippen LogP contribution in [-0.4, -0.2) is 31.6 Å². The van der Waals surface area contributed by atoms with Crippen LogP contribution in [0, 0.1) is 0 Å². The molecule has 2 heterocycles. The molecule has 8 nitrogen and oxygen atoms in total. The number of hydrogen-bond donors (Lipinski definition) is 2. The van der Waals surface area contributed by atoms with E-state index in [1.54, 1.807) is 38.1 Å². The molecule has 3 N–H and O–H groups in total. The number of amides is 1. The third-order valence-electron chi connectivity index (χ3n) is 4.39. The summed E-state index contributed by atoms with van der Waals surface area (Å²) in [6, 6.07) is 6.56. The summed E-state index contributed by atoms with van der Waals surface area (Å²) in [7, 11) is 1.16. The first kappa shape index (κ1) is 17.5. The largest absolute Gasteiger partial charge is 0.465 e. The molecule has 1 amide bonds. The van der Waals surface area contributed by atoms with Crippen molar-refractivity contribution in [3.63, 3.8) is 0 Å². The first-order valence-electron chi connectivity index (χ1n) is 7.95. The molecule has 2 aliphatic rings. The first-order chi connectivity index (χ1) is 12.4. The summed E-state index contributed by atoms with van der Waals surface area (Å²) in [6.07, 6.45) is 0. The smallest absolute Gasteiger partial charge is 0.340 e. The van der Waals surface area contributed by atoms with Crippen molar-refractivity contribution >= 4 is 17.8 Å². The van der Waals surface area contributed by atoms with Crippen LogP contribution in [0.2, 0.25) is 0 Å². The van der Waals surface area contributed by atoms with E-state index >= 15 is 0 Å². The predicted octanol–water partition coefficient (Wildman–Crippen LogP) is 0.627. The molecule has 0 radical (unpaired) electrons. The SMILES string of the molecule is CCOC(=O)C1=C(C)NC(=O)C12C(C(=O)OC)=C(N)Oc1ccccc12. The number of esters is 2. The van der Waals surface area contributed by atoms with Crippen LogP contribution in [0.25, 0.3) is 0 Å². The molecule has 0 saturated carbocycles. The van der Waals surface area contributed by atoms with Crippen molar-refractivity contribution < 1.29 is 28.6 Å². The minimum atomic E-state index is -1.80. The molecule has 0 bridgehead atoms. The van der Waals surface area contributed by atoms with Gasteiger partial charge in [-0.2, -0.15) is 0 Å². The highest BCUT2D eigenvalue weighted by atomic mass is 16.5. The number of nitrogens with two attached hydrogens (primary N) is 1. The van der Waals surface area contributed by atoms with Crippen LogP contribution in [-0.2, 0) is 29.3 Å². The maximum Gasteiger partial charge on any atom is 0.340 e. The molecule has 1 aromatic carbocycles. The molecule has 1 atom stereocenters. The fraction of sp³-hybridized carbons (Fsp3) is 0.278.